The molecular weight excluding hydrogens is 218 g/mol. The second kappa shape index (κ2) is 3.67. The Kier molecular flexibility index (Phi) is 2.26. The van der Waals surface area contributed by atoms with Gasteiger partial charge >= 0.3 is 0 Å². The van der Waals surface area contributed by atoms with Crippen LogP contribution in [-0.2, 0) is 14.9 Å². The number of carbonyl (C=O) groups excluding carboxylic acids is 2. The van der Waals surface area contributed by atoms with E-state index in [1.54, 1.807) is 6.07 Å². The van der Waals surface area contributed by atoms with Crippen molar-refractivity contribution in [3.8, 4) is 0 Å². The highest BCUT2D eigenvalue weighted by Gasteiger charge is 2.47. The van der Waals surface area contributed by atoms with Gasteiger partial charge in [0.2, 0.25) is 5.91 Å². The Balaban J connectivity index is 2.18. The van der Waals surface area contributed by atoms with Crippen LogP contribution >= 0.6 is 0 Å². The number of hydrogen-bond donors (Lipinski definition) is 1. The highest BCUT2D eigenvalue weighted by molar-refractivity contribution is 6.13. The molecule has 0 aliphatic carbocycles. The van der Waals surface area contributed by atoms with Gasteiger partial charge in [-0.3, -0.25) is 14.9 Å². The van der Waals surface area contributed by atoms with Gasteiger partial charge in [0.15, 0.2) is 0 Å². The van der Waals surface area contributed by atoms with E-state index < -0.39 is 5.41 Å². The molecule has 0 bridgehead atoms. The molecule has 0 unspecified atom stereocenters. The average Bonchev–Trinajstić information content (AvgIpc) is 2.38. The summed E-state index contributed by atoms with van der Waals surface area (Å²) in [7, 11) is 0. The molecule has 4 heteroatoms. The molecule has 88 valence electrons. The van der Waals surface area contributed by atoms with Crippen molar-refractivity contribution in [3.05, 3.63) is 35.4 Å². The lowest BCUT2D eigenvalue weighted by Gasteiger charge is -2.39. The van der Waals surface area contributed by atoms with Gasteiger partial charge in [-0.25, -0.2) is 0 Å². The van der Waals surface area contributed by atoms with Crippen LogP contribution in [0.2, 0.25) is 0 Å². The maximum Gasteiger partial charge on any atom is 0.258 e. The highest BCUT2D eigenvalue weighted by Crippen LogP contribution is 2.39. The zero-order chi connectivity index (χ0) is 11.9. The summed E-state index contributed by atoms with van der Waals surface area (Å²) in [5.74, 6) is -0.466. The molecule has 1 aromatic rings. The maximum atomic E-state index is 12.2. The van der Waals surface area contributed by atoms with E-state index in [9.17, 15) is 9.59 Å². The third-order valence-electron chi connectivity index (χ3n) is 3.70. The molecule has 1 saturated heterocycles. The van der Waals surface area contributed by atoms with Crippen molar-refractivity contribution in [2.45, 2.75) is 18.3 Å². The smallest absolute Gasteiger partial charge is 0.258 e. The highest BCUT2D eigenvalue weighted by atomic mass is 16.5. The van der Waals surface area contributed by atoms with Crippen molar-refractivity contribution in [1.82, 2.24) is 5.32 Å². The SMILES string of the molecule is O=C1NC(=O)C2(CCOCC2)c2ccccc21. The second-order valence-corrected chi connectivity index (χ2v) is 4.52. The Labute approximate surface area is 99.0 Å². The molecule has 1 N–H and O–H groups in total. The Bertz CT molecular complexity index is 489. The van der Waals surface area contributed by atoms with Crippen LogP contribution in [0.3, 0.4) is 0 Å². The summed E-state index contributed by atoms with van der Waals surface area (Å²) in [6.45, 7) is 1.13. The Morgan fingerprint density at radius 3 is 2.59 bits per heavy atom. The zero-order valence-corrected chi connectivity index (χ0v) is 9.36. The van der Waals surface area contributed by atoms with Gasteiger partial charge in [-0.2, -0.15) is 0 Å². The minimum absolute atomic E-state index is 0.176. The number of ether oxygens (including phenoxy) is 1. The van der Waals surface area contributed by atoms with Crippen LogP contribution in [0.1, 0.15) is 28.8 Å². The molecule has 17 heavy (non-hydrogen) atoms. The second-order valence-electron chi connectivity index (χ2n) is 4.52. The molecule has 2 aliphatic rings. The first kappa shape index (κ1) is 10.5. The predicted molar refractivity (Wildman–Crippen MR) is 60.6 cm³/mol. The van der Waals surface area contributed by atoms with Crippen molar-refractivity contribution in [2.24, 2.45) is 0 Å². The van der Waals surface area contributed by atoms with E-state index in [-0.39, 0.29) is 11.8 Å². The molecule has 0 radical (unpaired) electrons. The molecule has 1 aromatic carbocycles. The lowest BCUT2D eigenvalue weighted by Crippen LogP contribution is -2.54. The van der Waals surface area contributed by atoms with E-state index in [0.717, 1.165) is 5.56 Å². The van der Waals surface area contributed by atoms with Crippen molar-refractivity contribution in [2.75, 3.05) is 13.2 Å². The third kappa shape index (κ3) is 1.41. The standard InChI is InChI=1S/C13H13NO3/c15-11-9-3-1-2-4-10(9)13(12(16)14-11)5-7-17-8-6-13/h1-4H,5-8H2,(H,14,15,16). The first-order chi connectivity index (χ1) is 8.24. The van der Waals surface area contributed by atoms with Crippen molar-refractivity contribution < 1.29 is 14.3 Å². The summed E-state index contributed by atoms with van der Waals surface area (Å²) in [5, 5.41) is 2.46. The Hall–Kier alpha value is -1.68. The summed E-state index contributed by atoms with van der Waals surface area (Å²) < 4.78 is 5.32. The number of carbonyl (C=O) groups is 2. The number of rotatable bonds is 0. The van der Waals surface area contributed by atoms with Gasteiger partial charge < -0.3 is 4.74 Å². The van der Waals surface area contributed by atoms with Crippen LogP contribution in [0.15, 0.2) is 24.3 Å². The molecule has 1 fully saturated rings. The molecule has 3 rings (SSSR count). The molecule has 0 atom stereocenters. The van der Waals surface area contributed by atoms with Gasteiger partial charge in [-0.1, -0.05) is 18.2 Å². The Morgan fingerprint density at radius 2 is 1.82 bits per heavy atom. The van der Waals surface area contributed by atoms with Crippen molar-refractivity contribution in [3.63, 3.8) is 0 Å². The number of imide groups is 1. The summed E-state index contributed by atoms with van der Waals surface area (Å²) in [6.07, 6.45) is 1.28. The van der Waals surface area contributed by atoms with Crippen LogP contribution in [-0.4, -0.2) is 25.0 Å². The molecule has 2 amide bonds. The fraction of sp³-hybridized carbons (Fsp3) is 0.385. The normalized spacial score (nSPS) is 22.1. The lowest BCUT2D eigenvalue weighted by molar-refractivity contribution is -0.129. The summed E-state index contributed by atoms with van der Waals surface area (Å²) in [4.78, 5) is 23.9. The van der Waals surface area contributed by atoms with Crippen LogP contribution in [0.5, 0.6) is 0 Å². The quantitative estimate of drug-likeness (QED) is 0.678. The van der Waals surface area contributed by atoms with Gasteiger partial charge in [0, 0.05) is 18.8 Å². The minimum atomic E-state index is -0.567. The van der Waals surface area contributed by atoms with Gasteiger partial charge in [0.1, 0.15) is 0 Å². The predicted octanol–water partition coefficient (Wildman–Crippen LogP) is 1.00. The van der Waals surface area contributed by atoms with Crippen molar-refractivity contribution >= 4 is 11.8 Å². The van der Waals surface area contributed by atoms with E-state index >= 15 is 0 Å². The van der Waals surface area contributed by atoms with Gasteiger partial charge in [-0.05, 0) is 24.5 Å². The summed E-state index contributed by atoms with van der Waals surface area (Å²) in [6, 6.07) is 7.36. The number of fused-ring (bicyclic) bond motifs is 2. The van der Waals surface area contributed by atoms with E-state index in [1.807, 2.05) is 18.2 Å². The van der Waals surface area contributed by atoms with E-state index in [4.69, 9.17) is 4.74 Å². The number of benzene rings is 1. The molecule has 4 nitrogen and oxygen atoms in total. The van der Waals surface area contributed by atoms with Gasteiger partial charge in [0.25, 0.3) is 5.91 Å². The molecule has 1 spiro atoms. The summed E-state index contributed by atoms with van der Waals surface area (Å²) in [5.41, 5.74) is 0.911. The zero-order valence-electron chi connectivity index (χ0n) is 9.36. The van der Waals surface area contributed by atoms with Crippen LogP contribution in [0.4, 0.5) is 0 Å². The first-order valence-corrected chi connectivity index (χ1v) is 5.77. The Morgan fingerprint density at radius 1 is 1.12 bits per heavy atom. The molecule has 2 heterocycles. The number of nitrogens with one attached hydrogen (secondary N) is 1. The monoisotopic (exact) mass is 231 g/mol. The van der Waals surface area contributed by atoms with E-state index in [1.165, 1.54) is 0 Å². The molecule has 2 aliphatic heterocycles. The van der Waals surface area contributed by atoms with Crippen molar-refractivity contribution in [1.29, 1.82) is 0 Å². The summed E-state index contributed by atoms with van der Waals surface area (Å²) >= 11 is 0. The average molecular weight is 231 g/mol. The topological polar surface area (TPSA) is 55.4 Å². The molecule has 0 aromatic heterocycles. The minimum Gasteiger partial charge on any atom is -0.381 e. The fourth-order valence-electron chi connectivity index (χ4n) is 2.73. The lowest BCUT2D eigenvalue weighted by atomic mass is 9.70. The number of hydrogen-bond acceptors (Lipinski definition) is 3. The van der Waals surface area contributed by atoms with Crippen LogP contribution < -0.4 is 5.32 Å². The van der Waals surface area contributed by atoms with E-state index in [0.29, 0.717) is 31.6 Å². The molecule has 0 saturated carbocycles. The fourth-order valence-corrected chi connectivity index (χ4v) is 2.73. The first-order valence-electron chi connectivity index (χ1n) is 5.77. The van der Waals surface area contributed by atoms with Crippen LogP contribution in [0.25, 0.3) is 0 Å². The third-order valence-corrected chi connectivity index (χ3v) is 3.70. The number of amides is 2. The molecular formula is C13H13NO3. The van der Waals surface area contributed by atoms with Gasteiger partial charge in [0.05, 0.1) is 5.41 Å². The maximum absolute atomic E-state index is 12.2. The van der Waals surface area contributed by atoms with Crippen LogP contribution in [0, 0.1) is 0 Å². The largest absolute Gasteiger partial charge is 0.381 e. The van der Waals surface area contributed by atoms with E-state index in [2.05, 4.69) is 5.32 Å². The van der Waals surface area contributed by atoms with Gasteiger partial charge in [-0.15, -0.1) is 0 Å².